The van der Waals surface area contributed by atoms with E-state index < -0.39 is 24.1 Å². The van der Waals surface area contributed by atoms with Gasteiger partial charge in [-0.05, 0) is 18.6 Å². The Bertz CT molecular complexity index is 467. The number of ketones is 1. The van der Waals surface area contributed by atoms with E-state index in [0.717, 1.165) is 6.08 Å². The Hall–Kier alpha value is -2.04. The fourth-order valence-corrected chi connectivity index (χ4v) is 1.34. The molecule has 0 heterocycles. The first kappa shape index (κ1) is 15.0. The SMILES string of the molecule is CCOC(=O)CC(F)(F)C(=O)/C=C/c1ccccc1. The molecule has 0 aliphatic rings. The van der Waals surface area contributed by atoms with E-state index in [1.807, 2.05) is 0 Å². The lowest BCUT2D eigenvalue weighted by Crippen LogP contribution is -2.30. The number of carbonyl (C=O) groups is 2. The van der Waals surface area contributed by atoms with Crippen LogP contribution in [0.4, 0.5) is 8.78 Å². The van der Waals surface area contributed by atoms with E-state index in [1.54, 1.807) is 30.3 Å². The van der Waals surface area contributed by atoms with Gasteiger partial charge in [0.2, 0.25) is 5.78 Å². The number of alkyl halides is 2. The van der Waals surface area contributed by atoms with Gasteiger partial charge in [0.25, 0.3) is 0 Å². The van der Waals surface area contributed by atoms with Crippen molar-refractivity contribution in [1.29, 1.82) is 0 Å². The average molecular weight is 268 g/mol. The van der Waals surface area contributed by atoms with Gasteiger partial charge in [-0.15, -0.1) is 0 Å². The van der Waals surface area contributed by atoms with Crippen LogP contribution in [0.5, 0.6) is 0 Å². The summed E-state index contributed by atoms with van der Waals surface area (Å²) in [5, 5.41) is 0. The number of rotatable bonds is 6. The second kappa shape index (κ2) is 6.78. The van der Waals surface area contributed by atoms with Crippen LogP contribution < -0.4 is 0 Å². The molecule has 102 valence electrons. The van der Waals surface area contributed by atoms with Crippen molar-refractivity contribution in [2.45, 2.75) is 19.3 Å². The molecule has 0 aliphatic heterocycles. The van der Waals surface area contributed by atoms with E-state index in [2.05, 4.69) is 4.74 Å². The minimum absolute atomic E-state index is 0.00293. The van der Waals surface area contributed by atoms with Crippen LogP contribution in [0.25, 0.3) is 6.08 Å². The van der Waals surface area contributed by atoms with Gasteiger partial charge in [-0.2, -0.15) is 8.78 Å². The van der Waals surface area contributed by atoms with Crippen molar-refractivity contribution in [3.63, 3.8) is 0 Å². The Kier molecular flexibility index (Phi) is 5.36. The smallest absolute Gasteiger partial charge is 0.319 e. The van der Waals surface area contributed by atoms with Crippen molar-refractivity contribution >= 4 is 17.8 Å². The highest BCUT2D eigenvalue weighted by atomic mass is 19.3. The van der Waals surface area contributed by atoms with Crippen LogP contribution >= 0.6 is 0 Å². The van der Waals surface area contributed by atoms with Gasteiger partial charge < -0.3 is 4.74 Å². The summed E-state index contributed by atoms with van der Waals surface area (Å²) in [4.78, 5) is 22.3. The topological polar surface area (TPSA) is 43.4 Å². The third-order valence-corrected chi connectivity index (χ3v) is 2.26. The van der Waals surface area contributed by atoms with E-state index >= 15 is 0 Å². The van der Waals surface area contributed by atoms with Crippen molar-refractivity contribution < 1.29 is 23.1 Å². The zero-order valence-corrected chi connectivity index (χ0v) is 10.4. The van der Waals surface area contributed by atoms with Crippen molar-refractivity contribution in [2.75, 3.05) is 6.61 Å². The summed E-state index contributed by atoms with van der Waals surface area (Å²) < 4.78 is 31.2. The molecule has 0 aromatic heterocycles. The number of esters is 1. The van der Waals surface area contributed by atoms with Crippen molar-refractivity contribution in [3.8, 4) is 0 Å². The van der Waals surface area contributed by atoms with Gasteiger partial charge in [0, 0.05) is 0 Å². The summed E-state index contributed by atoms with van der Waals surface area (Å²) >= 11 is 0. The lowest BCUT2D eigenvalue weighted by Gasteiger charge is -2.11. The van der Waals surface area contributed by atoms with E-state index in [4.69, 9.17) is 0 Å². The lowest BCUT2D eigenvalue weighted by atomic mass is 10.1. The molecular formula is C14H14F2O3. The lowest BCUT2D eigenvalue weighted by molar-refractivity contribution is -0.157. The molecule has 0 saturated heterocycles. The van der Waals surface area contributed by atoms with E-state index in [9.17, 15) is 18.4 Å². The molecule has 0 aliphatic carbocycles. The first-order valence-electron chi connectivity index (χ1n) is 5.76. The highest BCUT2D eigenvalue weighted by Crippen LogP contribution is 2.21. The molecule has 1 aromatic rings. The Morgan fingerprint density at radius 1 is 1.26 bits per heavy atom. The number of hydrogen-bond donors (Lipinski definition) is 0. The molecule has 19 heavy (non-hydrogen) atoms. The predicted octanol–water partition coefficient (Wildman–Crippen LogP) is 2.86. The molecule has 0 atom stereocenters. The van der Waals surface area contributed by atoms with Gasteiger partial charge in [-0.25, -0.2) is 0 Å². The number of ether oxygens (including phenoxy) is 1. The number of benzene rings is 1. The Labute approximate surface area is 109 Å². The molecule has 0 radical (unpaired) electrons. The van der Waals surface area contributed by atoms with Crippen LogP contribution in [0, 0.1) is 0 Å². The monoisotopic (exact) mass is 268 g/mol. The Balaban J connectivity index is 2.66. The Morgan fingerprint density at radius 2 is 1.89 bits per heavy atom. The number of carbonyl (C=O) groups excluding carboxylic acids is 2. The van der Waals surface area contributed by atoms with Gasteiger partial charge in [0.1, 0.15) is 6.42 Å². The summed E-state index contributed by atoms with van der Waals surface area (Å²) in [5.74, 6) is -6.24. The minimum atomic E-state index is -3.74. The molecule has 0 fully saturated rings. The highest BCUT2D eigenvalue weighted by molar-refractivity contribution is 6.00. The van der Waals surface area contributed by atoms with Crippen molar-refractivity contribution in [3.05, 3.63) is 42.0 Å². The predicted molar refractivity (Wildman–Crippen MR) is 66.7 cm³/mol. The molecule has 0 unspecified atom stereocenters. The molecule has 0 spiro atoms. The molecule has 1 rings (SSSR count). The minimum Gasteiger partial charge on any atom is -0.466 e. The second-order valence-corrected chi connectivity index (χ2v) is 3.79. The highest BCUT2D eigenvalue weighted by Gasteiger charge is 2.39. The van der Waals surface area contributed by atoms with Crippen LogP contribution in [0.3, 0.4) is 0 Å². The summed E-state index contributed by atoms with van der Waals surface area (Å²) in [5.41, 5.74) is 0.628. The van der Waals surface area contributed by atoms with Crippen molar-refractivity contribution in [1.82, 2.24) is 0 Å². The number of hydrogen-bond acceptors (Lipinski definition) is 3. The zero-order valence-electron chi connectivity index (χ0n) is 10.4. The van der Waals surface area contributed by atoms with Crippen LogP contribution in [0.15, 0.2) is 36.4 Å². The van der Waals surface area contributed by atoms with Gasteiger partial charge in [-0.3, -0.25) is 9.59 Å². The molecule has 0 N–H and O–H groups in total. The third-order valence-electron chi connectivity index (χ3n) is 2.26. The maximum absolute atomic E-state index is 13.4. The standard InChI is InChI=1S/C14H14F2O3/c1-2-19-13(18)10-14(15,16)12(17)9-8-11-6-4-3-5-7-11/h3-9H,2,10H2,1H3/b9-8+. The molecular weight excluding hydrogens is 254 g/mol. The van der Waals surface area contributed by atoms with Gasteiger partial charge in [0.05, 0.1) is 6.61 Å². The van der Waals surface area contributed by atoms with Crippen LogP contribution in [-0.4, -0.2) is 24.3 Å². The number of allylic oxidation sites excluding steroid dienone is 1. The largest absolute Gasteiger partial charge is 0.466 e. The van der Waals surface area contributed by atoms with Gasteiger partial charge in [-0.1, -0.05) is 36.4 Å². The molecule has 5 heteroatoms. The molecule has 3 nitrogen and oxygen atoms in total. The molecule has 1 aromatic carbocycles. The Morgan fingerprint density at radius 3 is 2.47 bits per heavy atom. The van der Waals surface area contributed by atoms with Crippen LogP contribution in [0.2, 0.25) is 0 Å². The van der Waals surface area contributed by atoms with Gasteiger partial charge in [0.15, 0.2) is 0 Å². The summed E-state index contributed by atoms with van der Waals surface area (Å²) in [6.07, 6.45) is 0.814. The first-order chi connectivity index (χ1) is 8.95. The molecule has 0 saturated carbocycles. The molecule has 0 amide bonds. The summed E-state index contributed by atoms with van der Waals surface area (Å²) in [7, 11) is 0. The third kappa shape index (κ3) is 4.99. The normalized spacial score (nSPS) is 11.5. The maximum atomic E-state index is 13.4. The second-order valence-electron chi connectivity index (χ2n) is 3.79. The summed E-state index contributed by atoms with van der Waals surface area (Å²) in [6, 6.07) is 8.57. The van der Waals surface area contributed by atoms with Crippen LogP contribution in [-0.2, 0) is 14.3 Å². The number of halogens is 2. The zero-order chi connectivity index (χ0) is 14.3. The maximum Gasteiger partial charge on any atom is 0.319 e. The quantitative estimate of drug-likeness (QED) is 0.588. The fraction of sp³-hybridized carbons (Fsp3) is 0.286. The van der Waals surface area contributed by atoms with Gasteiger partial charge >= 0.3 is 11.9 Å². The van der Waals surface area contributed by atoms with E-state index in [0.29, 0.717) is 5.56 Å². The fourth-order valence-electron chi connectivity index (χ4n) is 1.34. The van der Waals surface area contributed by atoms with Crippen molar-refractivity contribution in [2.24, 2.45) is 0 Å². The molecule has 0 bridgehead atoms. The average Bonchev–Trinajstić information content (AvgIpc) is 2.36. The van der Waals surface area contributed by atoms with Crippen LogP contribution in [0.1, 0.15) is 18.9 Å². The summed E-state index contributed by atoms with van der Waals surface area (Å²) in [6.45, 7) is 1.51. The van der Waals surface area contributed by atoms with E-state index in [-0.39, 0.29) is 6.61 Å². The van der Waals surface area contributed by atoms with E-state index in [1.165, 1.54) is 13.0 Å². The first-order valence-corrected chi connectivity index (χ1v) is 5.76.